The van der Waals surface area contributed by atoms with E-state index >= 15 is 0 Å². The number of methoxy groups -OCH3 is 2. The molecule has 0 heterocycles. The number of hydroxylamine groups is 1. The number of aliphatic hydroxyl groups excluding tert-OH is 1. The van der Waals surface area contributed by atoms with E-state index in [0.29, 0.717) is 12.3 Å². The third kappa shape index (κ3) is 24.2. The lowest BCUT2D eigenvalue weighted by Gasteiger charge is -2.12. The molecule has 0 aliphatic heterocycles. The van der Waals surface area contributed by atoms with Crippen molar-refractivity contribution in [3.63, 3.8) is 0 Å². The number of rotatable bonds is 16. The lowest BCUT2D eigenvalue weighted by molar-refractivity contribution is -0.141. The van der Waals surface area contributed by atoms with Gasteiger partial charge in [-0.15, -0.1) is 11.8 Å². The minimum atomic E-state index is -0.470. The summed E-state index contributed by atoms with van der Waals surface area (Å²) in [6.45, 7) is 4.08. The summed E-state index contributed by atoms with van der Waals surface area (Å²) >= 11 is 1.75. The first kappa shape index (κ1) is 41.0. The van der Waals surface area contributed by atoms with Crippen LogP contribution < -0.4 is 5.48 Å². The fraction of sp³-hybridized carbons (Fsp3) is 0.625. The van der Waals surface area contributed by atoms with Crippen molar-refractivity contribution >= 4 is 23.7 Å². The molecule has 1 aliphatic rings. The maximum Gasteiger partial charge on any atom is 0.327 e. The molecule has 0 saturated heterocycles. The van der Waals surface area contributed by atoms with Crippen LogP contribution in [0.1, 0.15) is 83.1 Å². The van der Waals surface area contributed by atoms with Gasteiger partial charge in [0.25, 0.3) is 0 Å². The van der Waals surface area contributed by atoms with Crippen molar-refractivity contribution in [3.8, 4) is 0 Å². The van der Waals surface area contributed by atoms with Gasteiger partial charge in [-0.2, -0.15) is 5.48 Å². The van der Waals surface area contributed by atoms with E-state index in [2.05, 4.69) is 47.6 Å². The molecule has 0 spiro atoms. The van der Waals surface area contributed by atoms with Crippen LogP contribution in [0.4, 0.5) is 0 Å². The van der Waals surface area contributed by atoms with E-state index < -0.39 is 5.97 Å². The monoisotopic (exact) mass is 597 g/mol. The second-order valence-electron chi connectivity index (χ2n) is 9.32. The molecule has 0 bridgehead atoms. The summed E-state index contributed by atoms with van der Waals surface area (Å²) in [5, 5.41) is 15.7. The number of benzene rings is 1. The first-order chi connectivity index (χ1) is 19.9. The number of unbranched alkanes of at least 4 members (excludes halogenated alkanes) is 6. The molecule has 0 amide bonds. The van der Waals surface area contributed by atoms with Gasteiger partial charge in [-0.3, -0.25) is 9.59 Å². The lowest BCUT2D eigenvalue weighted by Crippen LogP contribution is -2.21. The number of nitrogens with one attached hydrogen (secondary N) is 1. The van der Waals surface area contributed by atoms with E-state index in [1.54, 1.807) is 26.0 Å². The van der Waals surface area contributed by atoms with Crippen LogP contribution >= 0.6 is 11.8 Å². The fourth-order valence-corrected chi connectivity index (χ4v) is 5.06. The largest absolute Gasteiger partial charge is 0.469 e. The highest BCUT2D eigenvalue weighted by atomic mass is 32.2. The zero-order valence-corrected chi connectivity index (χ0v) is 27.0. The van der Waals surface area contributed by atoms with Gasteiger partial charge < -0.3 is 24.5 Å². The van der Waals surface area contributed by atoms with Crippen molar-refractivity contribution in [2.75, 3.05) is 40.7 Å². The third-order valence-electron chi connectivity index (χ3n) is 5.80. The van der Waals surface area contributed by atoms with Crippen molar-refractivity contribution in [3.05, 3.63) is 58.7 Å². The molecule has 2 rings (SSSR count). The molecule has 8 nitrogen and oxygen atoms in total. The van der Waals surface area contributed by atoms with Crippen LogP contribution in [0.25, 0.3) is 0 Å². The third-order valence-corrected chi connectivity index (χ3v) is 7.13. The Bertz CT molecular complexity index is 816. The molecular weight excluding hydrogens is 542 g/mol. The first-order valence-corrected chi connectivity index (χ1v) is 15.4. The van der Waals surface area contributed by atoms with Gasteiger partial charge in [0, 0.05) is 45.0 Å². The van der Waals surface area contributed by atoms with Crippen LogP contribution in [0, 0.1) is 12.8 Å². The molecule has 41 heavy (non-hydrogen) atoms. The van der Waals surface area contributed by atoms with Crippen LogP contribution in [0.5, 0.6) is 0 Å². The van der Waals surface area contributed by atoms with Crippen molar-refractivity contribution in [2.24, 2.45) is 5.92 Å². The van der Waals surface area contributed by atoms with E-state index in [9.17, 15) is 9.59 Å². The van der Waals surface area contributed by atoms with Gasteiger partial charge in [0.2, 0.25) is 0 Å². The number of hydrogen-bond donors (Lipinski definition) is 3. The van der Waals surface area contributed by atoms with Gasteiger partial charge in [0.05, 0.1) is 7.11 Å². The summed E-state index contributed by atoms with van der Waals surface area (Å²) in [7, 11) is 5.66. The van der Waals surface area contributed by atoms with Crippen LogP contribution in [-0.2, 0) is 23.8 Å². The molecule has 3 N–H and O–H groups in total. The molecule has 0 aromatic heterocycles. The number of allylic oxidation sites excluding steroid dienone is 4. The van der Waals surface area contributed by atoms with Gasteiger partial charge >= 0.3 is 11.9 Å². The number of aryl methyl sites for hydroxylation is 1. The second kappa shape index (κ2) is 30.8. The highest BCUT2D eigenvalue weighted by molar-refractivity contribution is 8.03. The van der Waals surface area contributed by atoms with E-state index in [4.69, 9.17) is 15.1 Å². The Morgan fingerprint density at radius 3 is 2.22 bits per heavy atom. The summed E-state index contributed by atoms with van der Waals surface area (Å²) in [5.74, 6) is 1.34. The normalized spacial score (nSPS) is 13.8. The zero-order valence-electron chi connectivity index (χ0n) is 26.2. The van der Waals surface area contributed by atoms with Crippen LogP contribution in [0.15, 0.2) is 53.1 Å². The number of aliphatic hydroxyl groups is 1. The van der Waals surface area contributed by atoms with Gasteiger partial charge in [-0.25, -0.2) is 0 Å². The Morgan fingerprint density at radius 2 is 1.66 bits per heavy atom. The minimum absolute atomic E-state index is 0.160. The molecule has 9 heteroatoms. The lowest BCUT2D eigenvalue weighted by atomic mass is 10.1. The van der Waals surface area contributed by atoms with E-state index in [1.165, 1.54) is 38.4 Å². The van der Waals surface area contributed by atoms with Gasteiger partial charge in [0.1, 0.15) is 12.3 Å². The summed E-state index contributed by atoms with van der Waals surface area (Å²) in [6.07, 6.45) is 15.6. The standard InChI is InChI=1S/C22H37NO5S.C7H8.C2H6O.CH4O/c1-3-4-5-6-7-9-12-18-14-15-19(28-21(25)17-23-26)22(18)29-16-11-8-10-13-20(24)27-2;1-7-5-3-2-4-6-7;1-3-2;1-2/h9,12,18,23,26H,3-8,10-11,13-17H2,1-2H3;2-6H,1H3;1-2H3;2H,1H3/b12-9+;;;. The number of hydrogen-bond acceptors (Lipinski definition) is 9. The molecule has 0 fully saturated rings. The molecule has 1 atom stereocenters. The molecular formula is C32H55NO7S. The molecule has 236 valence electrons. The van der Waals surface area contributed by atoms with E-state index in [1.807, 2.05) is 23.7 Å². The topological polar surface area (TPSA) is 114 Å². The highest BCUT2D eigenvalue weighted by Gasteiger charge is 2.26. The fourth-order valence-electron chi connectivity index (χ4n) is 3.77. The quantitative estimate of drug-likeness (QED) is 0.0803. The number of carbonyl (C=O) groups excluding carboxylic acids is 2. The summed E-state index contributed by atoms with van der Waals surface area (Å²) in [4.78, 5) is 24.1. The van der Waals surface area contributed by atoms with Gasteiger partial charge in [0.15, 0.2) is 0 Å². The maximum absolute atomic E-state index is 11.8. The van der Waals surface area contributed by atoms with Crippen LogP contribution in [0.3, 0.4) is 0 Å². The molecule has 0 saturated carbocycles. The minimum Gasteiger partial charge on any atom is -0.469 e. The molecule has 1 unspecified atom stereocenters. The number of esters is 2. The number of carbonyl (C=O) groups is 2. The van der Waals surface area contributed by atoms with Crippen molar-refractivity contribution in [1.29, 1.82) is 0 Å². The Balaban J connectivity index is 0. The van der Waals surface area contributed by atoms with Crippen molar-refractivity contribution in [2.45, 2.75) is 84.5 Å². The Kier molecular flexibility index (Phi) is 30.8. The average Bonchev–Trinajstić information content (AvgIpc) is 3.35. The smallest absolute Gasteiger partial charge is 0.327 e. The van der Waals surface area contributed by atoms with Crippen LogP contribution in [-0.4, -0.2) is 63.0 Å². The zero-order chi connectivity index (χ0) is 31.1. The van der Waals surface area contributed by atoms with Crippen LogP contribution in [0.2, 0.25) is 0 Å². The number of thioether (sulfide) groups is 1. The summed E-state index contributed by atoms with van der Waals surface area (Å²) in [5.41, 5.74) is 3.17. The average molecular weight is 598 g/mol. The Morgan fingerprint density at radius 1 is 1.00 bits per heavy atom. The van der Waals surface area contributed by atoms with Gasteiger partial charge in [-0.1, -0.05) is 80.7 Å². The first-order valence-electron chi connectivity index (χ1n) is 14.5. The summed E-state index contributed by atoms with van der Waals surface area (Å²) < 4.78 is 14.4. The predicted octanol–water partition coefficient (Wildman–Crippen LogP) is 6.99. The predicted molar refractivity (Wildman–Crippen MR) is 169 cm³/mol. The molecule has 1 aromatic carbocycles. The van der Waals surface area contributed by atoms with Gasteiger partial charge in [-0.05, 0) is 44.8 Å². The highest BCUT2D eigenvalue weighted by Crippen LogP contribution is 2.41. The van der Waals surface area contributed by atoms with E-state index in [0.717, 1.165) is 62.1 Å². The number of ether oxygens (including phenoxy) is 3. The Labute approximate surface area is 252 Å². The Hall–Kier alpha value is -2.17. The van der Waals surface area contributed by atoms with Crippen molar-refractivity contribution < 1.29 is 34.1 Å². The van der Waals surface area contributed by atoms with Crippen molar-refractivity contribution in [1.82, 2.24) is 5.48 Å². The second-order valence-corrected chi connectivity index (χ2v) is 10.5. The molecule has 1 aliphatic carbocycles. The maximum atomic E-state index is 11.8. The summed E-state index contributed by atoms with van der Waals surface area (Å²) in [6, 6.07) is 10.3. The molecule has 0 radical (unpaired) electrons. The SMILES string of the molecule is CCCCCC/C=C/C1CCC(OC(=O)CNO)=C1SCCCCCC(=O)OC.CO.COC.Cc1ccccc1. The van der Waals surface area contributed by atoms with E-state index in [-0.39, 0.29) is 12.5 Å². The molecule has 1 aromatic rings.